The maximum Gasteiger partial charge on any atom is 0.0900 e. The maximum atomic E-state index is 5.06. The molecular weight excluding hydrogens is 152 g/mol. The Labute approximate surface area is 64.9 Å². The Bertz CT molecular complexity index is 73.5. The van der Waals surface area contributed by atoms with E-state index in [1.165, 1.54) is 17.3 Å². The summed E-state index contributed by atoms with van der Waals surface area (Å²) in [6, 6.07) is 0. The highest BCUT2D eigenvalue weighted by Gasteiger charge is 2.21. The Kier molecular flexibility index (Phi) is 3.86. The van der Waals surface area contributed by atoms with Gasteiger partial charge in [-0.15, -0.1) is 0 Å². The molecule has 0 aromatic rings. The molecule has 0 bridgehead atoms. The molecule has 1 atom stereocenters. The van der Waals surface area contributed by atoms with Gasteiger partial charge in [0.15, 0.2) is 0 Å². The monoisotopic (exact) mass is 164 g/mol. The average molecular weight is 164 g/mol. The summed E-state index contributed by atoms with van der Waals surface area (Å²) < 4.78 is 5.06. The van der Waals surface area contributed by atoms with Crippen molar-refractivity contribution >= 4 is 23.5 Å². The van der Waals surface area contributed by atoms with Gasteiger partial charge in [0.25, 0.3) is 0 Å². The van der Waals surface area contributed by atoms with E-state index in [0.29, 0.717) is 6.10 Å². The fraction of sp³-hybridized carbons (Fsp3) is 1.00. The van der Waals surface area contributed by atoms with E-state index in [2.05, 4.69) is 6.26 Å². The van der Waals surface area contributed by atoms with Gasteiger partial charge < -0.3 is 4.74 Å². The van der Waals surface area contributed by atoms with Gasteiger partial charge in [-0.2, -0.15) is 23.5 Å². The second-order valence-electron chi connectivity index (χ2n) is 2.02. The summed E-state index contributed by atoms with van der Waals surface area (Å²) in [5.41, 5.74) is 0. The average Bonchev–Trinajstić information content (AvgIpc) is 2.63. The number of hydrogen-bond donors (Lipinski definition) is 0. The molecule has 54 valence electrons. The van der Waals surface area contributed by atoms with E-state index in [4.69, 9.17) is 4.74 Å². The van der Waals surface area contributed by atoms with E-state index in [1.807, 2.05) is 23.5 Å². The molecule has 0 N–H and O–H groups in total. The van der Waals surface area contributed by atoms with Crippen LogP contribution < -0.4 is 0 Å². The van der Waals surface area contributed by atoms with Crippen LogP contribution in [0.4, 0.5) is 0 Å². The summed E-state index contributed by atoms with van der Waals surface area (Å²) in [4.78, 5) is 0. The minimum absolute atomic E-state index is 0.608. The molecule has 1 rings (SSSR count). The van der Waals surface area contributed by atoms with E-state index in [9.17, 15) is 0 Å². The highest BCUT2D eigenvalue weighted by atomic mass is 32.2. The highest BCUT2D eigenvalue weighted by Crippen LogP contribution is 2.16. The first-order chi connectivity index (χ1) is 4.43. The molecule has 0 aliphatic carbocycles. The quantitative estimate of drug-likeness (QED) is 0.451. The molecule has 1 aliphatic rings. The van der Waals surface area contributed by atoms with Crippen molar-refractivity contribution in [1.82, 2.24) is 0 Å². The number of thioether (sulfide) groups is 2. The second kappa shape index (κ2) is 4.47. The number of hydrogen-bond acceptors (Lipinski definition) is 3. The first-order valence-electron chi connectivity index (χ1n) is 3.12. The number of rotatable bonds is 5. The van der Waals surface area contributed by atoms with E-state index >= 15 is 0 Å². The van der Waals surface area contributed by atoms with Gasteiger partial charge in [0, 0.05) is 17.3 Å². The molecule has 1 fully saturated rings. The van der Waals surface area contributed by atoms with Crippen LogP contribution >= 0.6 is 23.5 Å². The zero-order valence-electron chi connectivity index (χ0n) is 5.63. The summed E-state index contributed by atoms with van der Waals surface area (Å²) in [5, 5.41) is 0. The highest BCUT2D eigenvalue weighted by molar-refractivity contribution is 8.02. The smallest absolute Gasteiger partial charge is 0.0900 e. The van der Waals surface area contributed by atoms with Crippen molar-refractivity contribution in [2.24, 2.45) is 0 Å². The van der Waals surface area contributed by atoms with Crippen LogP contribution in [0.5, 0.6) is 0 Å². The molecule has 0 aromatic heterocycles. The van der Waals surface area contributed by atoms with Crippen LogP contribution in [0.1, 0.15) is 0 Å². The van der Waals surface area contributed by atoms with Crippen molar-refractivity contribution < 1.29 is 4.74 Å². The van der Waals surface area contributed by atoms with Gasteiger partial charge in [0.1, 0.15) is 0 Å². The van der Waals surface area contributed by atoms with Gasteiger partial charge in [-0.3, -0.25) is 0 Å². The normalized spacial score (nSPS) is 24.3. The van der Waals surface area contributed by atoms with Crippen LogP contribution in [0, 0.1) is 0 Å². The minimum atomic E-state index is 0.608. The van der Waals surface area contributed by atoms with Crippen LogP contribution in [0.25, 0.3) is 0 Å². The molecule has 0 spiro atoms. The molecule has 0 radical (unpaired) electrons. The van der Waals surface area contributed by atoms with Crippen LogP contribution in [0.3, 0.4) is 0 Å². The van der Waals surface area contributed by atoms with E-state index in [1.54, 1.807) is 0 Å². The summed E-state index contributed by atoms with van der Waals surface area (Å²) in [6.45, 7) is 1.01. The Morgan fingerprint density at radius 3 is 2.89 bits per heavy atom. The van der Waals surface area contributed by atoms with Gasteiger partial charge in [0.05, 0.1) is 12.7 Å². The topological polar surface area (TPSA) is 12.5 Å². The lowest BCUT2D eigenvalue weighted by molar-refractivity contribution is 0.426. The van der Waals surface area contributed by atoms with Crippen molar-refractivity contribution in [2.75, 3.05) is 30.1 Å². The Balaban J connectivity index is 1.71. The predicted molar refractivity (Wildman–Crippen MR) is 45.4 cm³/mol. The number of ether oxygens (including phenoxy) is 1. The van der Waals surface area contributed by atoms with Gasteiger partial charge in [-0.05, 0) is 6.26 Å². The first kappa shape index (κ1) is 7.76. The van der Waals surface area contributed by atoms with Crippen LogP contribution in [0.2, 0.25) is 0 Å². The van der Waals surface area contributed by atoms with Crippen LogP contribution in [0.15, 0.2) is 0 Å². The summed E-state index contributed by atoms with van der Waals surface area (Å²) in [5.74, 6) is 3.76. The molecule has 1 saturated heterocycles. The fourth-order valence-corrected chi connectivity index (χ4v) is 2.28. The molecular formula is C6H12OS2. The molecule has 9 heavy (non-hydrogen) atoms. The third-order valence-corrected chi connectivity index (χ3v) is 3.11. The Morgan fingerprint density at radius 1 is 1.56 bits per heavy atom. The van der Waals surface area contributed by atoms with Crippen molar-refractivity contribution in [2.45, 2.75) is 6.10 Å². The lowest BCUT2D eigenvalue weighted by atomic mass is 10.6. The maximum absolute atomic E-state index is 5.06. The van der Waals surface area contributed by atoms with Gasteiger partial charge in [-0.25, -0.2) is 0 Å². The molecule has 0 saturated carbocycles. The Hall–Kier alpha value is 0.660. The molecule has 1 heterocycles. The van der Waals surface area contributed by atoms with Gasteiger partial charge in [0.2, 0.25) is 0 Å². The Morgan fingerprint density at radius 2 is 2.33 bits per heavy atom. The molecule has 0 amide bonds. The third-order valence-electron chi connectivity index (χ3n) is 1.14. The summed E-state index contributed by atoms with van der Waals surface area (Å²) in [7, 11) is 0. The molecule has 1 aliphatic heterocycles. The van der Waals surface area contributed by atoms with Crippen molar-refractivity contribution in [3.63, 3.8) is 0 Å². The molecule has 0 unspecified atom stereocenters. The van der Waals surface area contributed by atoms with E-state index in [-0.39, 0.29) is 0 Å². The molecule has 1 nitrogen and oxygen atoms in total. The number of epoxide rings is 1. The van der Waals surface area contributed by atoms with Crippen LogP contribution in [-0.2, 0) is 4.74 Å². The van der Waals surface area contributed by atoms with E-state index < -0.39 is 0 Å². The second-order valence-corrected chi connectivity index (χ2v) is 4.16. The SMILES string of the molecule is CSCCSC[C@H]1CO1. The third kappa shape index (κ3) is 4.12. The van der Waals surface area contributed by atoms with Gasteiger partial charge in [-0.1, -0.05) is 0 Å². The van der Waals surface area contributed by atoms with Gasteiger partial charge >= 0.3 is 0 Å². The minimum Gasteiger partial charge on any atom is -0.372 e. The largest absolute Gasteiger partial charge is 0.372 e. The lowest BCUT2D eigenvalue weighted by Crippen LogP contribution is -1.91. The summed E-state index contributed by atoms with van der Waals surface area (Å²) in [6.07, 6.45) is 2.76. The van der Waals surface area contributed by atoms with E-state index in [0.717, 1.165) is 6.61 Å². The predicted octanol–water partition coefficient (Wildman–Crippen LogP) is 1.48. The zero-order valence-corrected chi connectivity index (χ0v) is 7.26. The van der Waals surface area contributed by atoms with Crippen molar-refractivity contribution in [3.05, 3.63) is 0 Å². The van der Waals surface area contributed by atoms with Crippen molar-refractivity contribution in [1.29, 1.82) is 0 Å². The van der Waals surface area contributed by atoms with Crippen molar-refractivity contribution in [3.8, 4) is 0 Å². The molecule has 0 aromatic carbocycles. The lowest BCUT2D eigenvalue weighted by Gasteiger charge is -1.94. The van der Waals surface area contributed by atoms with Crippen LogP contribution in [-0.4, -0.2) is 36.2 Å². The molecule has 3 heteroatoms. The fourth-order valence-electron chi connectivity index (χ4n) is 0.521. The zero-order chi connectivity index (χ0) is 6.53. The standard InChI is InChI=1S/C6H12OS2/c1-8-2-3-9-5-6-4-7-6/h6H,2-5H2,1H3/t6-/m1/s1. The first-order valence-corrected chi connectivity index (χ1v) is 5.66. The summed E-state index contributed by atoms with van der Waals surface area (Å²) >= 11 is 3.91.